The summed E-state index contributed by atoms with van der Waals surface area (Å²) >= 11 is 0. The average molecular weight is 141 g/mol. The minimum Gasteiger partial charge on any atom is -0.244 e. The van der Waals surface area contributed by atoms with E-state index in [1.165, 1.54) is 11.8 Å². The fraction of sp³-hybridized carbons (Fsp3) is 0. The molecule has 11 heavy (non-hydrogen) atoms. The van der Waals surface area contributed by atoms with Gasteiger partial charge in [0.25, 0.3) is 0 Å². The lowest BCUT2D eigenvalue weighted by atomic mass is 9.70. The highest BCUT2D eigenvalue weighted by atomic mass is 14.8. The summed E-state index contributed by atoms with van der Waals surface area (Å²) in [5.74, 6) is 2.00. The Kier molecular flexibility index (Phi) is 1.56. The van der Waals surface area contributed by atoms with E-state index in [2.05, 4.69) is 9.97 Å². The predicted octanol–water partition coefficient (Wildman–Crippen LogP) is 1.05. The number of nitrogens with zero attached hydrogens (tertiary/aromatic N) is 2. The molecule has 0 bridgehead atoms. The molecule has 1 aromatic rings. The van der Waals surface area contributed by atoms with Crippen molar-refractivity contribution in [3.8, 4) is 0 Å². The molecule has 0 N–H and O–H groups in total. The van der Waals surface area contributed by atoms with Gasteiger partial charge in [-0.25, -0.2) is 9.97 Å². The van der Waals surface area contributed by atoms with E-state index >= 15 is 0 Å². The lowest BCUT2D eigenvalue weighted by Crippen LogP contribution is -1.90. The summed E-state index contributed by atoms with van der Waals surface area (Å²) in [5.41, 5.74) is 2.24. The molecule has 0 atom stereocenters. The van der Waals surface area contributed by atoms with Crippen molar-refractivity contribution < 1.29 is 0 Å². The number of hydrogen-bond acceptors (Lipinski definition) is 2. The van der Waals surface area contributed by atoms with Gasteiger partial charge in [0.1, 0.15) is 6.33 Å². The third kappa shape index (κ3) is 1.22. The maximum Gasteiger partial charge on any atom is 0.182 e. The zero-order chi connectivity index (χ0) is 7.52. The first-order chi connectivity index (χ1) is 5.47. The molecule has 1 aliphatic heterocycles. The van der Waals surface area contributed by atoms with Crippen molar-refractivity contribution in [3.63, 3.8) is 0 Å². The van der Waals surface area contributed by atoms with E-state index in [0.29, 0.717) is 0 Å². The first kappa shape index (κ1) is 6.34. The van der Waals surface area contributed by atoms with Gasteiger partial charge in [-0.2, -0.15) is 0 Å². The lowest BCUT2D eigenvalue weighted by molar-refractivity contribution is 1.16. The van der Waals surface area contributed by atoms with Crippen molar-refractivity contribution in [2.24, 2.45) is 0 Å². The van der Waals surface area contributed by atoms with Crippen LogP contribution >= 0.6 is 0 Å². The van der Waals surface area contributed by atoms with Crippen LogP contribution in [0.25, 0.3) is 5.47 Å². The molecule has 2 nitrogen and oxygen atoms in total. The fourth-order valence-corrected chi connectivity index (χ4v) is 1.01. The molecule has 1 radical (unpaired) electrons. The molecule has 51 valence electrons. The van der Waals surface area contributed by atoms with Gasteiger partial charge in [0.15, 0.2) is 7.28 Å². The summed E-state index contributed by atoms with van der Waals surface area (Å²) in [6, 6.07) is 0. The van der Waals surface area contributed by atoms with Crippen LogP contribution in [-0.2, 0) is 0 Å². The first-order valence-electron chi connectivity index (χ1n) is 3.44. The Morgan fingerprint density at radius 3 is 2.64 bits per heavy atom. The lowest BCUT2D eigenvalue weighted by Gasteiger charge is -1.96. The van der Waals surface area contributed by atoms with Gasteiger partial charge < -0.3 is 0 Å². The minimum atomic E-state index is 1.07. The monoisotopic (exact) mass is 141 g/mol. The Morgan fingerprint density at radius 1 is 1.18 bits per heavy atom. The highest BCUT2D eigenvalue weighted by molar-refractivity contribution is 6.66. The molecule has 0 fully saturated rings. The zero-order valence-electron chi connectivity index (χ0n) is 5.94. The molecule has 1 aliphatic rings. The molecular formula is C8H6BN2. The van der Waals surface area contributed by atoms with Gasteiger partial charge in [-0.15, -0.1) is 5.98 Å². The van der Waals surface area contributed by atoms with Crippen LogP contribution in [0, 0.1) is 0 Å². The van der Waals surface area contributed by atoms with Crippen LogP contribution in [0.4, 0.5) is 0 Å². The molecule has 0 amide bonds. The Balaban J connectivity index is 2.31. The summed E-state index contributed by atoms with van der Waals surface area (Å²) in [7, 11) is 2.04. The van der Waals surface area contributed by atoms with Crippen LogP contribution in [-0.4, -0.2) is 17.2 Å². The molecule has 1 aromatic heterocycles. The fourth-order valence-electron chi connectivity index (χ4n) is 1.01. The van der Waals surface area contributed by atoms with Crippen LogP contribution in [0.1, 0.15) is 5.56 Å². The standard InChI is InChI=1S/C8H6BN2/c1-2-8(9-3-1)7-4-10-6-11-5-7/h1-6H. The molecule has 0 saturated carbocycles. The normalized spacial score (nSPS) is 14.4. The molecule has 0 aromatic carbocycles. The van der Waals surface area contributed by atoms with E-state index in [9.17, 15) is 0 Å². The van der Waals surface area contributed by atoms with Crippen LogP contribution in [0.5, 0.6) is 0 Å². The van der Waals surface area contributed by atoms with Gasteiger partial charge in [0, 0.05) is 18.0 Å². The average Bonchev–Trinajstić information content (AvgIpc) is 2.58. The topological polar surface area (TPSA) is 25.8 Å². The van der Waals surface area contributed by atoms with Gasteiger partial charge in [-0.3, -0.25) is 0 Å². The summed E-state index contributed by atoms with van der Waals surface area (Å²) in [6.07, 6.45) is 9.19. The zero-order valence-corrected chi connectivity index (χ0v) is 5.94. The van der Waals surface area contributed by atoms with Gasteiger partial charge in [-0.1, -0.05) is 17.6 Å². The largest absolute Gasteiger partial charge is 0.244 e. The third-order valence-corrected chi connectivity index (χ3v) is 1.56. The second kappa shape index (κ2) is 2.70. The number of rotatable bonds is 1. The Labute approximate surface area is 65.9 Å². The van der Waals surface area contributed by atoms with Crippen molar-refractivity contribution in [3.05, 3.63) is 42.4 Å². The van der Waals surface area contributed by atoms with Crippen molar-refractivity contribution in [2.45, 2.75) is 0 Å². The van der Waals surface area contributed by atoms with Crippen molar-refractivity contribution in [1.82, 2.24) is 9.97 Å². The summed E-state index contributed by atoms with van der Waals surface area (Å²) in [4.78, 5) is 7.86. The van der Waals surface area contributed by atoms with E-state index in [-0.39, 0.29) is 0 Å². The summed E-state index contributed by atoms with van der Waals surface area (Å²) in [6.45, 7) is 0. The Bertz CT molecular complexity index is 303. The smallest absolute Gasteiger partial charge is 0.182 e. The molecule has 0 saturated heterocycles. The number of allylic oxidation sites excluding steroid dienone is 2. The van der Waals surface area contributed by atoms with Gasteiger partial charge in [0.2, 0.25) is 0 Å². The SMILES string of the molecule is [B]1C=CC=C1c1cncnc1. The van der Waals surface area contributed by atoms with Crippen molar-refractivity contribution in [2.75, 3.05) is 0 Å². The minimum absolute atomic E-state index is 1.07. The predicted molar refractivity (Wildman–Crippen MR) is 44.9 cm³/mol. The quantitative estimate of drug-likeness (QED) is 0.546. The second-order valence-electron chi connectivity index (χ2n) is 2.30. The van der Waals surface area contributed by atoms with E-state index in [1.807, 2.05) is 37.8 Å². The van der Waals surface area contributed by atoms with E-state index in [4.69, 9.17) is 0 Å². The van der Waals surface area contributed by atoms with Gasteiger partial charge in [-0.05, 0) is 0 Å². The summed E-state index contributed by atoms with van der Waals surface area (Å²) < 4.78 is 0. The first-order valence-corrected chi connectivity index (χ1v) is 3.44. The van der Waals surface area contributed by atoms with Crippen molar-refractivity contribution in [1.29, 1.82) is 0 Å². The van der Waals surface area contributed by atoms with Crippen LogP contribution in [0.15, 0.2) is 36.8 Å². The molecule has 0 unspecified atom stereocenters. The molecular weight excluding hydrogens is 135 g/mol. The maximum atomic E-state index is 3.93. The highest BCUT2D eigenvalue weighted by Gasteiger charge is 2.03. The highest BCUT2D eigenvalue weighted by Crippen LogP contribution is 2.14. The Morgan fingerprint density at radius 2 is 2.00 bits per heavy atom. The maximum absolute atomic E-state index is 3.93. The number of hydrogen-bond donors (Lipinski definition) is 0. The molecule has 0 aliphatic carbocycles. The molecule has 3 heteroatoms. The second-order valence-corrected chi connectivity index (χ2v) is 2.30. The molecule has 2 heterocycles. The van der Waals surface area contributed by atoms with Crippen molar-refractivity contribution >= 4 is 12.8 Å². The van der Waals surface area contributed by atoms with Gasteiger partial charge >= 0.3 is 0 Å². The third-order valence-electron chi connectivity index (χ3n) is 1.56. The van der Waals surface area contributed by atoms with Gasteiger partial charge in [0.05, 0.1) is 0 Å². The van der Waals surface area contributed by atoms with Crippen LogP contribution in [0.2, 0.25) is 0 Å². The summed E-state index contributed by atoms with van der Waals surface area (Å²) in [5, 5.41) is 0. The van der Waals surface area contributed by atoms with E-state index in [1.54, 1.807) is 0 Å². The van der Waals surface area contributed by atoms with E-state index < -0.39 is 0 Å². The van der Waals surface area contributed by atoms with Crippen LogP contribution < -0.4 is 0 Å². The van der Waals surface area contributed by atoms with Crippen LogP contribution in [0.3, 0.4) is 0 Å². The van der Waals surface area contributed by atoms with E-state index in [0.717, 1.165) is 5.56 Å². The number of aromatic nitrogens is 2. The molecule has 0 spiro atoms. The Hall–Kier alpha value is -1.38. The molecule has 2 rings (SSSR count).